The molecule has 0 heterocycles. The lowest BCUT2D eigenvalue weighted by Crippen LogP contribution is -2.08. The first-order valence-electron chi connectivity index (χ1n) is 4.18. The minimum Gasteiger partial charge on any atom is -0.248 e. The van der Waals surface area contributed by atoms with Gasteiger partial charge in [0.1, 0.15) is 0 Å². The lowest BCUT2D eigenvalue weighted by atomic mass is 9.96. The third-order valence-electron chi connectivity index (χ3n) is 1.98. The van der Waals surface area contributed by atoms with Crippen LogP contribution in [-0.4, -0.2) is 6.17 Å². The van der Waals surface area contributed by atoms with Crippen LogP contribution >= 0.6 is 0 Å². The first kappa shape index (κ1) is 9.93. The lowest BCUT2D eigenvalue weighted by Gasteiger charge is -2.13. The molecule has 0 saturated heterocycles. The van der Waals surface area contributed by atoms with Gasteiger partial charge in [-0.1, -0.05) is 27.2 Å². The van der Waals surface area contributed by atoms with Crippen LogP contribution in [0.3, 0.4) is 0 Å². The minimum absolute atomic E-state index is 0.238. The van der Waals surface area contributed by atoms with Gasteiger partial charge in [0.25, 0.3) is 0 Å². The molecule has 0 fully saturated rings. The number of hydrogen-bond donors (Lipinski definition) is 0. The molecule has 0 amide bonds. The summed E-state index contributed by atoms with van der Waals surface area (Å²) in [6, 6.07) is 0. The summed E-state index contributed by atoms with van der Waals surface area (Å²) in [5.41, 5.74) is 0. The van der Waals surface area contributed by atoms with Crippen LogP contribution in [0.15, 0.2) is 0 Å². The highest BCUT2D eigenvalue weighted by Gasteiger charge is 2.10. The van der Waals surface area contributed by atoms with E-state index in [2.05, 4.69) is 13.8 Å². The molecule has 0 rings (SSSR count). The fourth-order valence-corrected chi connectivity index (χ4v) is 0.826. The molecule has 0 bridgehead atoms. The molecule has 62 valence electrons. The molecule has 0 aliphatic rings. The van der Waals surface area contributed by atoms with Crippen LogP contribution in [0.2, 0.25) is 0 Å². The molecule has 0 spiro atoms. The Morgan fingerprint density at radius 1 is 1.00 bits per heavy atom. The van der Waals surface area contributed by atoms with E-state index in [9.17, 15) is 4.39 Å². The molecule has 0 nitrogen and oxygen atoms in total. The van der Waals surface area contributed by atoms with Crippen LogP contribution in [0.4, 0.5) is 4.39 Å². The second-order valence-corrected chi connectivity index (χ2v) is 3.63. The van der Waals surface area contributed by atoms with Gasteiger partial charge in [-0.05, 0) is 25.2 Å². The Bertz CT molecular complexity index is 76.8. The van der Waals surface area contributed by atoms with Gasteiger partial charge in [0.2, 0.25) is 0 Å². The Hall–Kier alpha value is -0.0700. The SMILES string of the molecule is CC(C)CCC(C)C(C)F. The van der Waals surface area contributed by atoms with Gasteiger partial charge < -0.3 is 0 Å². The molecular weight excluding hydrogens is 127 g/mol. The predicted molar refractivity (Wildman–Crippen MR) is 43.8 cm³/mol. The lowest BCUT2D eigenvalue weighted by molar-refractivity contribution is 0.243. The highest BCUT2D eigenvalue weighted by molar-refractivity contribution is 4.60. The molecule has 0 aliphatic heterocycles. The molecule has 0 aromatic heterocycles. The maximum atomic E-state index is 12.5. The van der Waals surface area contributed by atoms with Gasteiger partial charge in [0.15, 0.2) is 0 Å². The molecule has 2 unspecified atom stereocenters. The van der Waals surface area contributed by atoms with E-state index in [4.69, 9.17) is 0 Å². The second-order valence-electron chi connectivity index (χ2n) is 3.63. The van der Waals surface area contributed by atoms with E-state index in [0.717, 1.165) is 12.8 Å². The molecule has 0 saturated carbocycles. The van der Waals surface area contributed by atoms with Crippen molar-refractivity contribution < 1.29 is 4.39 Å². The summed E-state index contributed by atoms with van der Waals surface area (Å²) in [5.74, 6) is 0.948. The summed E-state index contributed by atoms with van der Waals surface area (Å²) in [6.45, 7) is 7.98. The average molecular weight is 146 g/mol. The molecule has 10 heavy (non-hydrogen) atoms. The summed E-state index contributed by atoms with van der Waals surface area (Å²) in [7, 11) is 0. The van der Waals surface area contributed by atoms with E-state index >= 15 is 0 Å². The van der Waals surface area contributed by atoms with Crippen LogP contribution < -0.4 is 0 Å². The second kappa shape index (κ2) is 4.70. The largest absolute Gasteiger partial charge is 0.248 e. The van der Waals surface area contributed by atoms with Crippen molar-refractivity contribution in [3.63, 3.8) is 0 Å². The third kappa shape index (κ3) is 4.78. The van der Waals surface area contributed by atoms with Crippen LogP contribution in [0.25, 0.3) is 0 Å². The highest BCUT2D eigenvalue weighted by atomic mass is 19.1. The smallest absolute Gasteiger partial charge is 0.0998 e. The van der Waals surface area contributed by atoms with Crippen molar-refractivity contribution >= 4 is 0 Å². The summed E-state index contributed by atoms with van der Waals surface area (Å²) in [6.07, 6.45) is 1.53. The standard InChI is InChI=1S/C9H19F/c1-7(2)5-6-8(3)9(4)10/h7-9H,5-6H2,1-4H3. The molecule has 0 aromatic carbocycles. The van der Waals surface area contributed by atoms with Crippen molar-refractivity contribution in [1.29, 1.82) is 0 Å². The van der Waals surface area contributed by atoms with Gasteiger partial charge >= 0.3 is 0 Å². The van der Waals surface area contributed by atoms with Crippen molar-refractivity contribution in [3.05, 3.63) is 0 Å². The Kier molecular flexibility index (Phi) is 4.67. The monoisotopic (exact) mass is 146 g/mol. The van der Waals surface area contributed by atoms with E-state index in [1.165, 1.54) is 0 Å². The zero-order valence-electron chi connectivity index (χ0n) is 7.52. The maximum absolute atomic E-state index is 12.5. The van der Waals surface area contributed by atoms with Crippen LogP contribution in [-0.2, 0) is 0 Å². The Morgan fingerprint density at radius 3 is 1.80 bits per heavy atom. The molecule has 0 aromatic rings. The van der Waals surface area contributed by atoms with E-state index in [0.29, 0.717) is 5.92 Å². The van der Waals surface area contributed by atoms with Gasteiger partial charge in [-0.15, -0.1) is 0 Å². The number of rotatable bonds is 4. The quantitative estimate of drug-likeness (QED) is 0.570. The summed E-state index contributed by atoms with van der Waals surface area (Å²) >= 11 is 0. The first-order valence-corrected chi connectivity index (χ1v) is 4.18. The molecular formula is C9H19F. The van der Waals surface area contributed by atoms with Crippen molar-refractivity contribution in [2.45, 2.75) is 46.7 Å². The summed E-state index contributed by atoms with van der Waals surface area (Å²) < 4.78 is 12.5. The van der Waals surface area contributed by atoms with Gasteiger partial charge in [0, 0.05) is 0 Å². The topological polar surface area (TPSA) is 0 Å². The van der Waals surface area contributed by atoms with Crippen molar-refractivity contribution in [3.8, 4) is 0 Å². The predicted octanol–water partition coefficient (Wildman–Crippen LogP) is 3.42. The fraction of sp³-hybridized carbons (Fsp3) is 1.00. The zero-order chi connectivity index (χ0) is 8.15. The average Bonchev–Trinajstić information content (AvgIpc) is 1.82. The normalized spacial score (nSPS) is 17.4. The van der Waals surface area contributed by atoms with Crippen molar-refractivity contribution in [2.75, 3.05) is 0 Å². The van der Waals surface area contributed by atoms with Gasteiger partial charge in [-0.25, -0.2) is 4.39 Å². The Morgan fingerprint density at radius 2 is 1.50 bits per heavy atom. The van der Waals surface area contributed by atoms with Crippen LogP contribution in [0.1, 0.15) is 40.5 Å². The third-order valence-corrected chi connectivity index (χ3v) is 1.98. The fourth-order valence-electron chi connectivity index (χ4n) is 0.826. The van der Waals surface area contributed by atoms with E-state index in [-0.39, 0.29) is 5.92 Å². The van der Waals surface area contributed by atoms with Gasteiger partial charge in [-0.2, -0.15) is 0 Å². The first-order chi connectivity index (χ1) is 4.54. The van der Waals surface area contributed by atoms with E-state index in [1.54, 1.807) is 6.92 Å². The van der Waals surface area contributed by atoms with E-state index in [1.807, 2.05) is 6.92 Å². The highest BCUT2D eigenvalue weighted by Crippen LogP contribution is 2.16. The molecule has 0 radical (unpaired) electrons. The molecule has 1 heteroatoms. The maximum Gasteiger partial charge on any atom is 0.0998 e. The zero-order valence-corrected chi connectivity index (χ0v) is 7.52. The van der Waals surface area contributed by atoms with Crippen molar-refractivity contribution in [1.82, 2.24) is 0 Å². The number of hydrogen-bond acceptors (Lipinski definition) is 0. The molecule has 0 N–H and O–H groups in total. The summed E-state index contributed by atoms with van der Waals surface area (Å²) in [5, 5.41) is 0. The number of halogens is 1. The van der Waals surface area contributed by atoms with Crippen LogP contribution in [0.5, 0.6) is 0 Å². The van der Waals surface area contributed by atoms with Crippen LogP contribution in [0, 0.1) is 11.8 Å². The van der Waals surface area contributed by atoms with Gasteiger partial charge in [-0.3, -0.25) is 0 Å². The molecule has 0 aliphatic carbocycles. The summed E-state index contributed by atoms with van der Waals surface area (Å²) in [4.78, 5) is 0. The Balaban J connectivity index is 3.30. The molecule has 2 atom stereocenters. The van der Waals surface area contributed by atoms with Crippen molar-refractivity contribution in [2.24, 2.45) is 11.8 Å². The number of alkyl halides is 1. The van der Waals surface area contributed by atoms with Gasteiger partial charge in [0.05, 0.1) is 6.17 Å². The van der Waals surface area contributed by atoms with E-state index < -0.39 is 6.17 Å². The Labute approximate surface area is 63.8 Å². The minimum atomic E-state index is -0.640.